The van der Waals surface area contributed by atoms with Crippen LogP contribution in [0.15, 0.2) is 53.6 Å². The van der Waals surface area contributed by atoms with Crippen molar-refractivity contribution in [3.05, 3.63) is 74.9 Å². The smallest absolute Gasteiger partial charge is 0.245 e. The van der Waals surface area contributed by atoms with Crippen LogP contribution in [0.25, 0.3) is 11.3 Å². The van der Waals surface area contributed by atoms with Crippen molar-refractivity contribution in [1.82, 2.24) is 9.97 Å². The lowest BCUT2D eigenvalue weighted by atomic mass is 10.1. The average molecular weight is 446 g/mol. The van der Waals surface area contributed by atoms with Crippen molar-refractivity contribution in [1.29, 1.82) is 0 Å². The van der Waals surface area contributed by atoms with Crippen molar-refractivity contribution in [3.63, 3.8) is 0 Å². The van der Waals surface area contributed by atoms with E-state index in [1.54, 1.807) is 36.4 Å². The van der Waals surface area contributed by atoms with Gasteiger partial charge in [0, 0.05) is 21.2 Å². The van der Waals surface area contributed by atoms with E-state index in [9.17, 15) is 13.2 Å². The Morgan fingerprint density at radius 2 is 1.57 bits per heavy atom. The van der Waals surface area contributed by atoms with Gasteiger partial charge in [-0.05, 0) is 30.3 Å². The summed E-state index contributed by atoms with van der Waals surface area (Å²) in [6, 6.07) is 11.8. The van der Waals surface area contributed by atoms with E-state index in [1.165, 1.54) is 12.3 Å². The first kappa shape index (κ1) is 20.4. The van der Waals surface area contributed by atoms with Gasteiger partial charge < -0.3 is 0 Å². The van der Waals surface area contributed by atoms with Gasteiger partial charge in [-0.2, -0.15) is 18.3 Å². The molecule has 0 bridgehead atoms. The molecule has 144 valence electrons. The molecule has 0 unspecified atom stereocenters. The molecular formula is C18H10Cl3F3N4. The molecule has 0 aliphatic heterocycles. The van der Waals surface area contributed by atoms with Crippen molar-refractivity contribution in [3.8, 4) is 11.3 Å². The van der Waals surface area contributed by atoms with Crippen molar-refractivity contribution in [2.75, 3.05) is 5.43 Å². The lowest BCUT2D eigenvalue weighted by Crippen LogP contribution is -2.11. The first-order chi connectivity index (χ1) is 13.2. The number of anilines is 1. The molecule has 3 rings (SSSR count). The zero-order valence-corrected chi connectivity index (χ0v) is 16.1. The molecular weight excluding hydrogens is 436 g/mol. The van der Waals surface area contributed by atoms with Crippen molar-refractivity contribution in [2.45, 2.75) is 6.18 Å². The lowest BCUT2D eigenvalue weighted by Gasteiger charge is -2.10. The normalized spacial score (nSPS) is 11.8. The summed E-state index contributed by atoms with van der Waals surface area (Å²) in [6.07, 6.45) is -3.33. The van der Waals surface area contributed by atoms with E-state index in [-0.39, 0.29) is 11.6 Å². The fourth-order valence-electron chi connectivity index (χ4n) is 2.18. The molecule has 0 spiro atoms. The Kier molecular flexibility index (Phi) is 6.07. The second-order valence-corrected chi connectivity index (χ2v) is 6.78. The van der Waals surface area contributed by atoms with Crippen LogP contribution in [-0.2, 0) is 6.18 Å². The molecule has 0 aliphatic carbocycles. The van der Waals surface area contributed by atoms with Crippen LogP contribution in [0.1, 0.15) is 11.3 Å². The Balaban J connectivity index is 1.92. The molecule has 1 N–H and O–H groups in total. The molecule has 0 fully saturated rings. The third-order valence-electron chi connectivity index (χ3n) is 3.49. The maximum atomic E-state index is 13.2. The molecule has 0 saturated carbocycles. The highest BCUT2D eigenvalue weighted by atomic mass is 35.5. The molecule has 3 aromatic rings. The SMILES string of the molecule is FC(F)(F)c1cc(-c2ccc(Cl)cc2)nc(NN=Cc2ccc(Cl)cc2Cl)n1. The highest BCUT2D eigenvalue weighted by molar-refractivity contribution is 6.36. The van der Waals surface area contributed by atoms with Gasteiger partial charge in [0.1, 0.15) is 0 Å². The van der Waals surface area contributed by atoms with Crippen molar-refractivity contribution >= 4 is 47.0 Å². The summed E-state index contributed by atoms with van der Waals surface area (Å²) in [4.78, 5) is 7.56. The number of nitrogens with zero attached hydrogens (tertiary/aromatic N) is 3. The number of rotatable bonds is 4. The average Bonchev–Trinajstić information content (AvgIpc) is 2.63. The molecule has 1 aromatic heterocycles. The van der Waals surface area contributed by atoms with Gasteiger partial charge in [-0.1, -0.05) is 53.0 Å². The largest absolute Gasteiger partial charge is 0.433 e. The molecule has 4 nitrogen and oxygen atoms in total. The van der Waals surface area contributed by atoms with Crippen LogP contribution in [0.3, 0.4) is 0 Å². The maximum absolute atomic E-state index is 13.2. The number of nitrogens with one attached hydrogen (secondary N) is 1. The van der Waals surface area contributed by atoms with E-state index >= 15 is 0 Å². The number of hydrazone groups is 1. The lowest BCUT2D eigenvalue weighted by molar-refractivity contribution is -0.141. The Morgan fingerprint density at radius 3 is 2.21 bits per heavy atom. The first-order valence-corrected chi connectivity index (χ1v) is 8.82. The van der Waals surface area contributed by atoms with E-state index in [2.05, 4.69) is 20.5 Å². The van der Waals surface area contributed by atoms with Gasteiger partial charge in [-0.15, -0.1) is 0 Å². The van der Waals surface area contributed by atoms with E-state index in [0.29, 0.717) is 26.2 Å². The molecule has 0 atom stereocenters. The third-order valence-corrected chi connectivity index (χ3v) is 4.30. The van der Waals surface area contributed by atoms with Gasteiger partial charge in [0.05, 0.1) is 16.9 Å². The number of hydrogen-bond acceptors (Lipinski definition) is 4. The summed E-state index contributed by atoms with van der Waals surface area (Å²) >= 11 is 17.7. The molecule has 0 amide bonds. The molecule has 0 saturated heterocycles. The zero-order valence-electron chi connectivity index (χ0n) is 13.8. The first-order valence-electron chi connectivity index (χ1n) is 7.69. The molecule has 0 aliphatic rings. The monoisotopic (exact) mass is 444 g/mol. The van der Waals surface area contributed by atoms with E-state index in [4.69, 9.17) is 34.8 Å². The quantitative estimate of drug-likeness (QED) is 0.365. The summed E-state index contributed by atoms with van der Waals surface area (Å²) in [5.41, 5.74) is 2.33. The van der Waals surface area contributed by atoms with Gasteiger partial charge >= 0.3 is 6.18 Å². The topological polar surface area (TPSA) is 50.2 Å². The maximum Gasteiger partial charge on any atom is 0.433 e. The van der Waals surface area contributed by atoms with Crippen LogP contribution < -0.4 is 5.43 Å². The van der Waals surface area contributed by atoms with Gasteiger partial charge in [-0.25, -0.2) is 15.4 Å². The second kappa shape index (κ2) is 8.34. The van der Waals surface area contributed by atoms with Crippen LogP contribution in [0.4, 0.5) is 19.1 Å². The highest BCUT2D eigenvalue weighted by Gasteiger charge is 2.33. The minimum absolute atomic E-state index is 0.0706. The molecule has 28 heavy (non-hydrogen) atoms. The van der Waals surface area contributed by atoms with E-state index in [0.717, 1.165) is 6.07 Å². The van der Waals surface area contributed by atoms with Crippen LogP contribution in [0, 0.1) is 0 Å². The Bertz CT molecular complexity index is 1020. The van der Waals surface area contributed by atoms with Gasteiger partial charge in [0.2, 0.25) is 5.95 Å². The Labute approximate surface area is 173 Å². The number of halogens is 6. The Morgan fingerprint density at radius 1 is 0.893 bits per heavy atom. The van der Waals surface area contributed by atoms with E-state index < -0.39 is 11.9 Å². The molecule has 0 radical (unpaired) electrons. The van der Waals surface area contributed by atoms with Crippen molar-refractivity contribution in [2.24, 2.45) is 5.10 Å². The summed E-state index contributed by atoms with van der Waals surface area (Å²) in [5.74, 6) is -0.318. The minimum atomic E-state index is -4.65. The number of benzene rings is 2. The standard InChI is InChI=1S/C18H10Cl3F3N4/c19-12-4-1-10(2-5-12)15-8-16(18(22,23)24)27-17(26-15)28-25-9-11-3-6-13(20)7-14(11)21/h1-9H,(H,26,27,28). The summed E-state index contributed by atoms with van der Waals surface area (Å²) in [5, 5.41) is 5.10. The fourth-order valence-corrected chi connectivity index (χ4v) is 2.76. The summed E-state index contributed by atoms with van der Waals surface area (Å²) in [7, 11) is 0. The van der Waals surface area contributed by atoms with Crippen LogP contribution in [-0.4, -0.2) is 16.2 Å². The van der Waals surface area contributed by atoms with E-state index in [1.807, 2.05) is 0 Å². The van der Waals surface area contributed by atoms with Crippen LogP contribution in [0.5, 0.6) is 0 Å². The number of aromatic nitrogens is 2. The number of hydrogen-bond donors (Lipinski definition) is 1. The van der Waals surface area contributed by atoms with Crippen LogP contribution >= 0.6 is 34.8 Å². The minimum Gasteiger partial charge on any atom is -0.245 e. The predicted octanol–water partition coefficient (Wildman–Crippen LogP) is 6.57. The fraction of sp³-hybridized carbons (Fsp3) is 0.0556. The number of alkyl halides is 3. The second-order valence-electron chi connectivity index (χ2n) is 5.50. The zero-order chi connectivity index (χ0) is 20.3. The van der Waals surface area contributed by atoms with Gasteiger partial charge in [0.15, 0.2) is 5.69 Å². The molecule has 1 heterocycles. The third kappa shape index (κ3) is 5.13. The van der Waals surface area contributed by atoms with Gasteiger partial charge in [0.25, 0.3) is 0 Å². The summed E-state index contributed by atoms with van der Waals surface area (Å²) in [6.45, 7) is 0. The predicted molar refractivity (Wildman–Crippen MR) is 105 cm³/mol. The van der Waals surface area contributed by atoms with Crippen molar-refractivity contribution < 1.29 is 13.2 Å². The molecule has 10 heteroatoms. The van der Waals surface area contributed by atoms with Crippen LogP contribution in [0.2, 0.25) is 15.1 Å². The summed E-state index contributed by atoms with van der Waals surface area (Å²) < 4.78 is 39.6. The van der Waals surface area contributed by atoms with Gasteiger partial charge in [-0.3, -0.25) is 0 Å². The molecule has 2 aromatic carbocycles. The Hall–Kier alpha value is -2.35. The highest BCUT2D eigenvalue weighted by Crippen LogP contribution is 2.31.